The van der Waals surface area contributed by atoms with Crippen LogP contribution in [0.4, 0.5) is 11.4 Å². The SMILES string of the molecule is Cc1noc(C)c1C(=O)Nc1ccc(N2CCN(C3c4ccccc4C=Cc4ccccc43)CC2)c(C#N)c1. The molecule has 0 radical (unpaired) electrons. The largest absolute Gasteiger partial charge is 0.368 e. The summed E-state index contributed by atoms with van der Waals surface area (Å²) in [7, 11) is 0. The maximum Gasteiger partial charge on any atom is 0.261 e. The third-order valence-corrected chi connectivity index (χ3v) is 7.68. The van der Waals surface area contributed by atoms with Crippen LogP contribution in [-0.2, 0) is 0 Å². The Balaban J connectivity index is 1.21. The maximum atomic E-state index is 12.8. The molecule has 194 valence electrons. The van der Waals surface area contributed by atoms with E-state index in [2.05, 4.69) is 87.0 Å². The van der Waals surface area contributed by atoms with Gasteiger partial charge in [-0.05, 0) is 54.3 Å². The fraction of sp³-hybridized carbons (Fsp3) is 0.219. The van der Waals surface area contributed by atoms with E-state index in [0.29, 0.717) is 28.3 Å². The van der Waals surface area contributed by atoms with Crippen LogP contribution < -0.4 is 10.2 Å². The number of anilines is 2. The molecule has 0 unspecified atom stereocenters. The molecule has 1 amide bonds. The second kappa shape index (κ2) is 10.2. The number of hydrogen-bond donors (Lipinski definition) is 1. The summed E-state index contributed by atoms with van der Waals surface area (Å²) in [6.07, 6.45) is 4.44. The van der Waals surface area contributed by atoms with Crippen LogP contribution in [-0.4, -0.2) is 42.1 Å². The quantitative estimate of drug-likeness (QED) is 0.369. The Bertz CT molecular complexity index is 1550. The van der Waals surface area contributed by atoms with Gasteiger partial charge in [-0.15, -0.1) is 0 Å². The minimum atomic E-state index is -0.296. The topological polar surface area (TPSA) is 85.4 Å². The number of carbonyl (C=O) groups is 1. The van der Waals surface area contributed by atoms with Crippen molar-refractivity contribution in [3.8, 4) is 6.07 Å². The van der Waals surface area contributed by atoms with Crippen molar-refractivity contribution in [2.75, 3.05) is 36.4 Å². The zero-order valence-electron chi connectivity index (χ0n) is 22.0. The van der Waals surface area contributed by atoms with Crippen molar-refractivity contribution >= 4 is 29.4 Å². The average Bonchev–Trinajstić information content (AvgIpc) is 3.21. The molecule has 1 saturated heterocycles. The van der Waals surface area contributed by atoms with Gasteiger partial charge in [-0.2, -0.15) is 5.26 Å². The number of amides is 1. The summed E-state index contributed by atoms with van der Waals surface area (Å²) in [6.45, 7) is 6.77. The minimum absolute atomic E-state index is 0.173. The Labute approximate surface area is 228 Å². The molecule has 1 aromatic heterocycles. The van der Waals surface area contributed by atoms with E-state index in [-0.39, 0.29) is 11.9 Å². The number of nitriles is 1. The fourth-order valence-corrected chi connectivity index (χ4v) is 5.76. The van der Waals surface area contributed by atoms with Gasteiger partial charge < -0.3 is 14.7 Å². The van der Waals surface area contributed by atoms with E-state index in [9.17, 15) is 10.1 Å². The highest BCUT2D eigenvalue weighted by molar-refractivity contribution is 6.05. The molecule has 4 aromatic rings. The van der Waals surface area contributed by atoms with Crippen molar-refractivity contribution in [3.05, 3.63) is 112 Å². The van der Waals surface area contributed by atoms with Gasteiger partial charge in [0.2, 0.25) is 0 Å². The number of aromatic nitrogens is 1. The molecule has 39 heavy (non-hydrogen) atoms. The molecule has 0 bridgehead atoms. The zero-order valence-corrected chi connectivity index (χ0v) is 22.0. The number of hydrogen-bond acceptors (Lipinski definition) is 6. The molecule has 1 N–H and O–H groups in total. The van der Waals surface area contributed by atoms with E-state index in [1.54, 1.807) is 19.9 Å². The van der Waals surface area contributed by atoms with Gasteiger partial charge in [0.15, 0.2) is 0 Å². The summed E-state index contributed by atoms with van der Waals surface area (Å²) in [5.41, 5.74) is 8.10. The van der Waals surface area contributed by atoms with Gasteiger partial charge in [-0.1, -0.05) is 65.8 Å². The normalized spacial score (nSPS) is 15.3. The Hall–Kier alpha value is -4.67. The monoisotopic (exact) mass is 515 g/mol. The first-order valence-corrected chi connectivity index (χ1v) is 13.2. The predicted octanol–water partition coefficient (Wildman–Crippen LogP) is 5.81. The lowest BCUT2D eigenvalue weighted by Crippen LogP contribution is -2.48. The molecule has 1 aliphatic heterocycles. The third kappa shape index (κ3) is 4.60. The molecule has 0 atom stereocenters. The summed E-state index contributed by atoms with van der Waals surface area (Å²) in [5, 5.41) is 16.7. The van der Waals surface area contributed by atoms with Crippen molar-refractivity contribution in [3.63, 3.8) is 0 Å². The van der Waals surface area contributed by atoms with Gasteiger partial charge in [-0.3, -0.25) is 9.69 Å². The first-order chi connectivity index (χ1) is 19.0. The number of carbonyl (C=O) groups excluding carboxylic acids is 1. The summed E-state index contributed by atoms with van der Waals surface area (Å²) >= 11 is 0. The lowest BCUT2D eigenvalue weighted by molar-refractivity contribution is 0.102. The minimum Gasteiger partial charge on any atom is -0.368 e. The van der Waals surface area contributed by atoms with Crippen molar-refractivity contribution in [2.45, 2.75) is 19.9 Å². The number of benzene rings is 3. The van der Waals surface area contributed by atoms with Gasteiger partial charge in [0.05, 0.1) is 23.0 Å². The Kier molecular flexibility index (Phi) is 6.47. The molecule has 7 nitrogen and oxygen atoms in total. The number of nitrogens with one attached hydrogen (secondary N) is 1. The summed E-state index contributed by atoms with van der Waals surface area (Å²) in [6, 6.07) is 25.3. The van der Waals surface area contributed by atoms with E-state index in [1.165, 1.54) is 22.3 Å². The first-order valence-electron chi connectivity index (χ1n) is 13.2. The molecule has 6 rings (SSSR count). The summed E-state index contributed by atoms with van der Waals surface area (Å²) in [4.78, 5) is 17.6. The predicted molar refractivity (Wildman–Crippen MR) is 153 cm³/mol. The maximum absolute atomic E-state index is 12.8. The van der Waals surface area contributed by atoms with E-state index in [4.69, 9.17) is 4.52 Å². The molecule has 1 aliphatic carbocycles. The summed E-state index contributed by atoms with van der Waals surface area (Å²) in [5.74, 6) is 0.171. The third-order valence-electron chi connectivity index (χ3n) is 7.68. The highest BCUT2D eigenvalue weighted by Gasteiger charge is 2.30. The van der Waals surface area contributed by atoms with Crippen molar-refractivity contribution in [1.82, 2.24) is 10.1 Å². The smallest absolute Gasteiger partial charge is 0.261 e. The van der Waals surface area contributed by atoms with E-state index in [0.717, 1.165) is 31.9 Å². The second-order valence-electron chi connectivity index (χ2n) is 10.0. The molecule has 7 heteroatoms. The van der Waals surface area contributed by atoms with Gasteiger partial charge in [0.1, 0.15) is 17.4 Å². The Morgan fingerprint density at radius 1 is 0.949 bits per heavy atom. The average molecular weight is 516 g/mol. The molecule has 2 aliphatic rings. The second-order valence-corrected chi connectivity index (χ2v) is 10.0. The molecular formula is C32H29N5O2. The van der Waals surface area contributed by atoms with Crippen LogP contribution in [0.1, 0.15) is 55.7 Å². The number of nitrogens with zero attached hydrogens (tertiary/aromatic N) is 4. The Morgan fingerprint density at radius 3 is 2.18 bits per heavy atom. The Morgan fingerprint density at radius 2 is 1.59 bits per heavy atom. The molecule has 2 heterocycles. The van der Waals surface area contributed by atoms with Crippen LogP contribution in [0.5, 0.6) is 0 Å². The number of fused-ring (bicyclic) bond motifs is 2. The van der Waals surface area contributed by atoms with Crippen LogP contribution in [0.15, 0.2) is 71.3 Å². The van der Waals surface area contributed by atoms with Gasteiger partial charge in [0.25, 0.3) is 5.91 Å². The van der Waals surface area contributed by atoms with E-state index in [1.807, 2.05) is 12.1 Å². The van der Waals surface area contributed by atoms with Crippen molar-refractivity contribution in [1.29, 1.82) is 5.26 Å². The highest BCUT2D eigenvalue weighted by atomic mass is 16.5. The number of aryl methyl sites for hydroxylation is 2. The molecular weight excluding hydrogens is 486 g/mol. The molecule has 3 aromatic carbocycles. The van der Waals surface area contributed by atoms with Crippen molar-refractivity contribution < 1.29 is 9.32 Å². The van der Waals surface area contributed by atoms with Gasteiger partial charge in [-0.25, -0.2) is 0 Å². The van der Waals surface area contributed by atoms with Crippen LogP contribution in [0.3, 0.4) is 0 Å². The highest BCUT2D eigenvalue weighted by Crippen LogP contribution is 2.38. The number of rotatable bonds is 4. The van der Waals surface area contributed by atoms with Gasteiger partial charge in [0, 0.05) is 31.9 Å². The first kappa shape index (κ1) is 24.7. The molecule has 1 fully saturated rings. The lowest BCUT2D eigenvalue weighted by atomic mass is 9.92. The van der Waals surface area contributed by atoms with Gasteiger partial charge >= 0.3 is 0 Å². The fourth-order valence-electron chi connectivity index (χ4n) is 5.76. The molecule has 0 spiro atoms. The zero-order chi connectivity index (χ0) is 26.9. The van der Waals surface area contributed by atoms with E-state index < -0.39 is 0 Å². The van der Waals surface area contributed by atoms with Crippen LogP contribution in [0.25, 0.3) is 12.2 Å². The number of piperazine rings is 1. The van der Waals surface area contributed by atoms with Crippen LogP contribution >= 0.6 is 0 Å². The van der Waals surface area contributed by atoms with E-state index >= 15 is 0 Å². The standard InChI is InChI=1S/C32H29N5O2/c1-21-30(22(2)39-35-21)32(38)34-26-13-14-29(25(19-26)20-33)36-15-17-37(18-16-36)31-27-9-5-3-7-23(27)11-12-24-8-4-6-10-28(24)31/h3-14,19,31H,15-18H2,1-2H3,(H,34,38). The molecule has 0 saturated carbocycles. The van der Waals surface area contributed by atoms with Crippen LogP contribution in [0, 0.1) is 25.2 Å². The van der Waals surface area contributed by atoms with Crippen molar-refractivity contribution in [2.24, 2.45) is 0 Å². The summed E-state index contributed by atoms with van der Waals surface area (Å²) < 4.78 is 5.12. The lowest BCUT2D eigenvalue weighted by Gasteiger charge is -2.41. The van der Waals surface area contributed by atoms with Crippen LogP contribution in [0.2, 0.25) is 0 Å².